The molecule has 0 aliphatic carbocycles. The molecule has 1 fully saturated rings. The summed E-state index contributed by atoms with van der Waals surface area (Å²) in [5.41, 5.74) is 2.54. The summed E-state index contributed by atoms with van der Waals surface area (Å²) in [6, 6.07) is 11.4. The van der Waals surface area contributed by atoms with Crippen molar-refractivity contribution in [3.8, 4) is 0 Å². The molecule has 0 radical (unpaired) electrons. The number of pyridine rings is 1. The Balaban J connectivity index is 1.80. The van der Waals surface area contributed by atoms with Crippen molar-refractivity contribution in [2.75, 3.05) is 24.5 Å². The Kier molecular flexibility index (Phi) is 2.27. The summed E-state index contributed by atoms with van der Waals surface area (Å²) in [4.78, 5) is 7.38. The van der Waals surface area contributed by atoms with Crippen molar-refractivity contribution in [3.05, 3.63) is 35.9 Å². The minimum absolute atomic E-state index is 0.639. The first-order chi connectivity index (χ1) is 8.92. The molecule has 1 unspecified atom stereocenters. The molecular weight excluding hydrogens is 222 g/mol. The van der Waals surface area contributed by atoms with Crippen LogP contribution < -0.4 is 10.2 Å². The molecular formula is C15H17N3. The summed E-state index contributed by atoms with van der Waals surface area (Å²) in [5.74, 6) is 1.22. The van der Waals surface area contributed by atoms with Crippen LogP contribution in [-0.4, -0.2) is 30.7 Å². The summed E-state index contributed by atoms with van der Waals surface area (Å²) >= 11 is 0. The Bertz CT molecular complexity index is 587. The van der Waals surface area contributed by atoms with Gasteiger partial charge in [-0.05, 0) is 37.1 Å². The maximum Gasteiger partial charge on any atom is 0.132 e. The highest BCUT2D eigenvalue weighted by Gasteiger charge is 2.29. The zero-order chi connectivity index (χ0) is 11.9. The van der Waals surface area contributed by atoms with Gasteiger partial charge in [0.25, 0.3) is 0 Å². The second-order valence-corrected chi connectivity index (χ2v) is 5.25. The van der Waals surface area contributed by atoms with Gasteiger partial charge in [0.2, 0.25) is 0 Å². The first kappa shape index (κ1) is 10.3. The van der Waals surface area contributed by atoms with Gasteiger partial charge < -0.3 is 10.2 Å². The Morgan fingerprint density at radius 3 is 3.11 bits per heavy atom. The van der Waals surface area contributed by atoms with Crippen LogP contribution in [0.3, 0.4) is 0 Å². The van der Waals surface area contributed by atoms with E-state index >= 15 is 0 Å². The predicted octanol–water partition coefficient (Wildman–Crippen LogP) is 1.96. The zero-order valence-electron chi connectivity index (χ0n) is 10.4. The average Bonchev–Trinajstić information content (AvgIpc) is 3.04. The zero-order valence-corrected chi connectivity index (χ0v) is 10.4. The topological polar surface area (TPSA) is 28.2 Å². The van der Waals surface area contributed by atoms with Crippen LogP contribution in [0.1, 0.15) is 12.0 Å². The number of para-hydroxylation sites is 1. The molecule has 3 heteroatoms. The fraction of sp³-hybridized carbons (Fsp3) is 0.400. The van der Waals surface area contributed by atoms with E-state index < -0.39 is 0 Å². The number of nitrogens with one attached hydrogen (secondary N) is 1. The minimum atomic E-state index is 0.639. The van der Waals surface area contributed by atoms with Crippen molar-refractivity contribution in [1.82, 2.24) is 10.3 Å². The fourth-order valence-electron chi connectivity index (χ4n) is 3.19. The van der Waals surface area contributed by atoms with Crippen LogP contribution in [0, 0.1) is 0 Å². The van der Waals surface area contributed by atoms with Gasteiger partial charge in [-0.3, -0.25) is 0 Å². The third-order valence-electron chi connectivity index (χ3n) is 4.15. The van der Waals surface area contributed by atoms with Crippen molar-refractivity contribution < 1.29 is 0 Å². The van der Waals surface area contributed by atoms with Gasteiger partial charge in [-0.1, -0.05) is 18.2 Å². The largest absolute Gasteiger partial charge is 0.352 e. The minimum Gasteiger partial charge on any atom is -0.352 e. The van der Waals surface area contributed by atoms with Crippen LogP contribution in [0.15, 0.2) is 30.3 Å². The molecule has 1 saturated heterocycles. The molecule has 2 aromatic rings. The van der Waals surface area contributed by atoms with Crippen LogP contribution in [0.2, 0.25) is 0 Å². The van der Waals surface area contributed by atoms with Crippen LogP contribution in [0.5, 0.6) is 0 Å². The van der Waals surface area contributed by atoms with Crippen LogP contribution in [-0.2, 0) is 6.42 Å². The molecule has 18 heavy (non-hydrogen) atoms. The number of aromatic nitrogens is 1. The third kappa shape index (κ3) is 1.51. The highest BCUT2D eigenvalue weighted by molar-refractivity contribution is 5.82. The first-order valence-corrected chi connectivity index (χ1v) is 6.78. The first-order valence-electron chi connectivity index (χ1n) is 6.78. The summed E-state index contributed by atoms with van der Waals surface area (Å²) in [5, 5.41) is 4.71. The molecule has 1 aromatic carbocycles. The smallest absolute Gasteiger partial charge is 0.132 e. The van der Waals surface area contributed by atoms with Gasteiger partial charge in [0.1, 0.15) is 5.82 Å². The van der Waals surface area contributed by atoms with Gasteiger partial charge in [0.15, 0.2) is 0 Å². The molecule has 2 aliphatic heterocycles. The lowest BCUT2D eigenvalue weighted by atomic mass is 10.1. The molecule has 1 aromatic heterocycles. The summed E-state index contributed by atoms with van der Waals surface area (Å²) in [7, 11) is 0. The molecule has 1 atom stereocenters. The summed E-state index contributed by atoms with van der Waals surface area (Å²) in [6.45, 7) is 3.38. The van der Waals surface area contributed by atoms with Gasteiger partial charge in [-0.25, -0.2) is 4.98 Å². The van der Waals surface area contributed by atoms with E-state index in [0.717, 1.165) is 31.6 Å². The molecule has 1 N–H and O–H groups in total. The number of rotatable bonds is 1. The summed E-state index contributed by atoms with van der Waals surface area (Å²) in [6.07, 6.45) is 2.39. The second-order valence-electron chi connectivity index (χ2n) is 5.25. The van der Waals surface area contributed by atoms with E-state index in [1.54, 1.807) is 0 Å². The van der Waals surface area contributed by atoms with Gasteiger partial charge >= 0.3 is 0 Å². The quantitative estimate of drug-likeness (QED) is 0.824. The van der Waals surface area contributed by atoms with E-state index in [9.17, 15) is 0 Å². The third-order valence-corrected chi connectivity index (χ3v) is 4.15. The van der Waals surface area contributed by atoms with Crippen molar-refractivity contribution in [1.29, 1.82) is 0 Å². The monoisotopic (exact) mass is 239 g/mol. The number of benzene rings is 1. The molecule has 0 bridgehead atoms. The molecule has 0 saturated carbocycles. The molecule has 3 heterocycles. The number of fused-ring (bicyclic) bond motifs is 2. The van der Waals surface area contributed by atoms with Crippen molar-refractivity contribution in [2.45, 2.75) is 18.9 Å². The molecule has 2 aliphatic rings. The maximum absolute atomic E-state index is 4.88. The van der Waals surface area contributed by atoms with Crippen LogP contribution >= 0.6 is 0 Å². The molecule has 0 amide bonds. The number of hydrogen-bond donors (Lipinski definition) is 1. The van der Waals surface area contributed by atoms with Gasteiger partial charge in [-0.15, -0.1) is 0 Å². The van der Waals surface area contributed by atoms with Gasteiger partial charge in [-0.2, -0.15) is 0 Å². The van der Waals surface area contributed by atoms with Gasteiger partial charge in [0, 0.05) is 24.5 Å². The van der Waals surface area contributed by atoms with E-state index in [-0.39, 0.29) is 0 Å². The Morgan fingerprint density at radius 1 is 1.28 bits per heavy atom. The molecule has 0 spiro atoms. The van der Waals surface area contributed by atoms with E-state index in [0.29, 0.717) is 6.04 Å². The number of anilines is 1. The lowest BCUT2D eigenvalue weighted by Crippen LogP contribution is -2.35. The molecule has 92 valence electrons. The molecule has 4 rings (SSSR count). The highest BCUT2D eigenvalue weighted by atomic mass is 15.3. The Morgan fingerprint density at radius 2 is 2.22 bits per heavy atom. The van der Waals surface area contributed by atoms with Crippen LogP contribution in [0.4, 0.5) is 5.82 Å². The highest BCUT2D eigenvalue weighted by Crippen LogP contribution is 2.31. The summed E-state index contributed by atoms with van der Waals surface area (Å²) < 4.78 is 0. The standard InChI is InChI=1S/C15H17N3/c1-2-4-14-11(3-1)9-12-6-8-18(15(12)17-14)13-5-7-16-10-13/h1-4,9,13,16H,5-8,10H2. The lowest BCUT2D eigenvalue weighted by molar-refractivity contribution is 0.649. The van der Waals surface area contributed by atoms with Crippen molar-refractivity contribution in [2.24, 2.45) is 0 Å². The van der Waals surface area contributed by atoms with Gasteiger partial charge in [0.05, 0.1) is 5.52 Å². The van der Waals surface area contributed by atoms with Crippen molar-refractivity contribution >= 4 is 16.7 Å². The SMILES string of the molecule is c1ccc2nc3c(cc2c1)CCN3C1CCNC1. The maximum atomic E-state index is 4.88. The van der Waals surface area contributed by atoms with E-state index in [4.69, 9.17) is 4.98 Å². The van der Waals surface area contributed by atoms with Crippen LogP contribution in [0.25, 0.3) is 10.9 Å². The Labute approximate surface area is 107 Å². The average molecular weight is 239 g/mol. The normalized spacial score (nSPS) is 22.7. The van der Waals surface area contributed by atoms with E-state index in [1.165, 1.54) is 23.2 Å². The van der Waals surface area contributed by atoms with Crippen molar-refractivity contribution in [3.63, 3.8) is 0 Å². The fourth-order valence-corrected chi connectivity index (χ4v) is 3.19. The number of hydrogen-bond acceptors (Lipinski definition) is 3. The second kappa shape index (κ2) is 3.95. The lowest BCUT2D eigenvalue weighted by Gasteiger charge is -2.25. The Hall–Kier alpha value is -1.61. The van der Waals surface area contributed by atoms with E-state index in [2.05, 4.69) is 40.5 Å². The van der Waals surface area contributed by atoms with E-state index in [1.807, 2.05) is 0 Å². The predicted molar refractivity (Wildman–Crippen MR) is 74.1 cm³/mol. The molecule has 3 nitrogen and oxygen atoms in total. The number of nitrogens with zero attached hydrogens (tertiary/aromatic N) is 2.